The SMILES string of the molecule is N[C@H]1CCCCC1=O. The van der Waals surface area contributed by atoms with Crippen LogP contribution in [0.5, 0.6) is 0 Å². The highest BCUT2D eigenvalue weighted by atomic mass is 16.1. The monoisotopic (exact) mass is 113 g/mol. The number of nitrogens with two attached hydrogens (primary N) is 1. The van der Waals surface area contributed by atoms with Crippen LogP contribution in [-0.4, -0.2) is 11.8 Å². The first-order valence-electron chi connectivity index (χ1n) is 3.09. The van der Waals surface area contributed by atoms with Crippen molar-refractivity contribution >= 4 is 5.78 Å². The molecule has 0 unspecified atom stereocenters. The predicted molar refractivity (Wildman–Crippen MR) is 31.5 cm³/mol. The highest BCUT2D eigenvalue weighted by molar-refractivity contribution is 5.84. The van der Waals surface area contributed by atoms with Crippen molar-refractivity contribution in [2.24, 2.45) is 5.73 Å². The van der Waals surface area contributed by atoms with Crippen LogP contribution >= 0.6 is 0 Å². The van der Waals surface area contributed by atoms with E-state index in [2.05, 4.69) is 0 Å². The lowest BCUT2D eigenvalue weighted by molar-refractivity contribution is -0.121. The molecule has 1 aliphatic carbocycles. The van der Waals surface area contributed by atoms with Crippen LogP contribution in [-0.2, 0) is 4.79 Å². The zero-order valence-electron chi connectivity index (χ0n) is 4.89. The van der Waals surface area contributed by atoms with Crippen LogP contribution in [0.25, 0.3) is 0 Å². The maximum Gasteiger partial charge on any atom is 0.149 e. The van der Waals surface area contributed by atoms with Gasteiger partial charge in [-0.25, -0.2) is 0 Å². The second-order valence-corrected chi connectivity index (χ2v) is 2.32. The van der Waals surface area contributed by atoms with Crippen molar-refractivity contribution in [1.82, 2.24) is 0 Å². The van der Waals surface area contributed by atoms with Gasteiger partial charge in [0.1, 0.15) is 5.78 Å². The van der Waals surface area contributed by atoms with E-state index >= 15 is 0 Å². The summed E-state index contributed by atoms with van der Waals surface area (Å²) in [5, 5.41) is 0. The summed E-state index contributed by atoms with van der Waals surface area (Å²) in [6.07, 6.45) is 3.79. The molecule has 0 radical (unpaired) electrons. The van der Waals surface area contributed by atoms with Gasteiger partial charge in [0, 0.05) is 6.42 Å². The van der Waals surface area contributed by atoms with Gasteiger partial charge in [-0.15, -0.1) is 0 Å². The summed E-state index contributed by atoms with van der Waals surface area (Å²) >= 11 is 0. The van der Waals surface area contributed by atoms with Crippen molar-refractivity contribution in [2.45, 2.75) is 31.7 Å². The lowest BCUT2D eigenvalue weighted by atomic mass is 9.95. The van der Waals surface area contributed by atoms with E-state index in [0.717, 1.165) is 19.3 Å². The van der Waals surface area contributed by atoms with Crippen molar-refractivity contribution in [2.75, 3.05) is 0 Å². The van der Waals surface area contributed by atoms with Crippen LogP contribution in [0.15, 0.2) is 0 Å². The van der Waals surface area contributed by atoms with Gasteiger partial charge in [-0.3, -0.25) is 4.79 Å². The molecule has 1 rings (SSSR count). The number of ketones is 1. The average molecular weight is 113 g/mol. The Morgan fingerprint density at radius 1 is 1.50 bits per heavy atom. The third kappa shape index (κ3) is 1.07. The lowest BCUT2D eigenvalue weighted by Gasteiger charge is -2.14. The molecule has 1 aliphatic rings. The van der Waals surface area contributed by atoms with Crippen LogP contribution in [0, 0.1) is 0 Å². The normalized spacial score (nSPS) is 30.6. The van der Waals surface area contributed by atoms with Crippen molar-refractivity contribution in [1.29, 1.82) is 0 Å². The highest BCUT2D eigenvalue weighted by Gasteiger charge is 2.16. The molecule has 1 saturated carbocycles. The predicted octanol–water partition coefficient (Wildman–Crippen LogP) is 0.457. The first-order chi connectivity index (χ1) is 3.80. The summed E-state index contributed by atoms with van der Waals surface area (Å²) in [6, 6.07) is -0.135. The Kier molecular flexibility index (Phi) is 1.63. The zero-order chi connectivity index (χ0) is 5.98. The van der Waals surface area contributed by atoms with Crippen LogP contribution in [0.3, 0.4) is 0 Å². The lowest BCUT2D eigenvalue weighted by Crippen LogP contribution is -2.32. The van der Waals surface area contributed by atoms with Gasteiger partial charge in [-0.1, -0.05) is 6.42 Å². The minimum absolute atomic E-state index is 0.135. The fourth-order valence-corrected chi connectivity index (χ4v) is 1.01. The van der Waals surface area contributed by atoms with Crippen molar-refractivity contribution in [3.8, 4) is 0 Å². The fraction of sp³-hybridized carbons (Fsp3) is 0.833. The molecular formula is C6H11NO. The Labute approximate surface area is 49.1 Å². The molecule has 0 aromatic carbocycles. The molecule has 8 heavy (non-hydrogen) atoms. The molecule has 1 atom stereocenters. The number of rotatable bonds is 0. The molecule has 0 saturated heterocycles. The van der Waals surface area contributed by atoms with Gasteiger partial charge in [0.25, 0.3) is 0 Å². The standard InChI is InChI=1S/C6H11NO/c7-5-3-1-2-4-6(5)8/h5H,1-4,7H2/t5-/m0/s1. The zero-order valence-corrected chi connectivity index (χ0v) is 4.89. The minimum Gasteiger partial charge on any atom is -0.322 e. The number of hydrogen-bond donors (Lipinski definition) is 1. The van der Waals surface area contributed by atoms with E-state index in [-0.39, 0.29) is 11.8 Å². The Bertz CT molecular complexity index is 101. The van der Waals surface area contributed by atoms with Crippen molar-refractivity contribution in [3.63, 3.8) is 0 Å². The van der Waals surface area contributed by atoms with Crippen molar-refractivity contribution < 1.29 is 4.79 Å². The largest absolute Gasteiger partial charge is 0.322 e. The summed E-state index contributed by atoms with van der Waals surface area (Å²) in [7, 11) is 0. The molecule has 0 aromatic rings. The fourth-order valence-electron chi connectivity index (χ4n) is 1.01. The van der Waals surface area contributed by atoms with Crippen LogP contribution in [0.2, 0.25) is 0 Å². The van der Waals surface area contributed by atoms with Gasteiger partial charge in [0.05, 0.1) is 6.04 Å². The molecule has 46 valence electrons. The molecule has 1 fully saturated rings. The number of hydrogen-bond acceptors (Lipinski definition) is 2. The van der Waals surface area contributed by atoms with Gasteiger partial charge >= 0.3 is 0 Å². The van der Waals surface area contributed by atoms with Gasteiger partial charge < -0.3 is 5.73 Å². The van der Waals surface area contributed by atoms with Gasteiger partial charge in [-0.2, -0.15) is 0 Å². The second kappa shape index (κ2) is 2.27. The quantitative estimate of drug-likeness (QED) is 0.496. The van der Waals surface area contributed by atoms with Gasteiger partial charge in [0.2, 0.25) is 0 Å². The molecule has 0 spiro atoms. The maximum absolute atomic E-state index is 10.7. The summed E-state index contributed by atoms with van der Waals surface area (Å²) in [5.41, 5.74) is 5.43. The van der Waals surface area contributed by atoms with E-state index < -0.39 is 0 Å². The molecule has 2 nitrogen and oxygen atoms in total. The Hall–Kier alpha value is -0.370. The van der Waals surface area contributed by atoms with Gasteiger partial charge in [0.15, 0.2) is 0 Å². The highest BCUT2D eigenvalue weighted by Crippen LogP contribution is 2.11. The van der Waals surface area contributed by atoms with E-state index in [4.69, 9.17) is 5.73 Å². The van der Waals surface area contributed by atoms with Crippen molar-refractivity contribution in [3.05, 3.63) is 0 Å². The molecule has 0 bridgehead atoms. The smallest absolute Gasteiger partial charge is 0.149 e. The molecule has 0 heterocycles. The minimum atomic E-state index is -0.135. The Balaban J connectivity index is 2.39. The summed E-state index contributed by atoms with van der Waals surface area (Å²) in [4.78, 5) is 10.7. The van der Waals surface area contributed by atoms with E-state index in [9.17, 15) is 4.79 Å². The van der Waals surface area contributed by atoms with E-state index in [1.165, 1.54) is 0 Å². The molecule has 0 aromatic heterocycles. The summed E-state index contributed by atoms with van der Waals surface area (Å²) in [5.74, 6) is 0.247. The van der Waals surface area contributed by atoms with E-state index in [0.29, 0.717) is 6.42 Å². The number of carbonyl (C=O) groups excluding carboxylic acids is 1. The third-order valence-corrected chi connectivity index (χ3v) is 1.60. The summed E-state index contributed by atoms with van der Waals surface area (Å²) < 4.78 is 0. The van der Waals surface area contributed by atoms with E-state index in [1.807, 2.05) is 0 Å². The number of carbonyl (C=O) groups is 1. The molecule has 0 aliphatic heterocycles. The second-order valence-electron chi connectivity index (χ2n) is 2.32. The average Bonchev–Trinajstić information content (AvgIpc) is 1.77. The van der Waals surface area contributed by atoms with E-state index in [1.54, 1.807) is 0 Å². The molecular weight excluding hydrogens is 102 g/mol. The van der Waals surface area contributed by atoms with Crippen LogP contribution in [0.4, 0.5) is 0 Å². The maximum atomic E-state index is 10.7. The molecule has 2 heteroatoms. The summed E-state index contributed by atoms with van der Waals surface area (Å²) in [6.45, 7) is 0. The topological polar surface area (TPSA) is 43.1 Å². The third-order valence-electron chi connectivity index (χ3n) is 1.60. The Morgan fingerprint density at radius 2 is 2.25 bits per heavy atom. The molecule has 0 amide bonds. The Morgan fingerprint density at radius 3 is 2.62 bits per heavy atom. The first-order valence-corrected chi connectivity index (χ1v) is 3.09. The molecule has 2 N–H and O–H groups in total. The van der Waals surface area contributed by atoms with Crippen LogP contribution in [0.1, 0.15) is 25.7 Å². The van der Waals surface area contributed by atoms with Crippen LogP contribution < -0.4 is 5.73 Å². The number of Topliss-reactive ketones (excluding diaryl/α,β-unsaturated/α-hetero) is 1. The van der Waals surface area contributed by atoms with Gasteiger partial charge in [-0.05, 0) is 12.8 Å². The first kappa shape index (κ1) is 5.76.